The Bertz CT molecular complexity index is 831. The number of nitrogens with zero attached hydrogens (tertiary/aromatic N) is 3. The molecule has 3 aromatic rings. The molecule has 0 aliphatic heterocycles. The Balaban J connectivity index is 2.12. The lowest BCUT2D eigenvalue weighted by Gasteiger charge is -2.01. The lowest BCUT2D eigenvalue weighted by molar-refractivity contribution is 0.1000. The van der Waals surface area contributed by atoms with Crippen molar-refractivity contribution in [2.75, 3.05) is 0 Å². The number of allylic oxidation sites excluding steroid dienone is 1. The Labute approximate surface area is 119 Å². The molecule has 0 unspecified atom stereocenters. The molecule has 6 heteroatoms. The molecule has 0 saturated carbocycles. The number of carbonyl (C=O) groups is 1. The largest absolute Gasteiger partial charge is 0.364 e. The molecule has 3 aromatic heterocycles. The second kappa shape index (κ2) is 4.57. The second-order valence-corrected chi connectivity index (χ2v) is 5.35. The van der Waals surface area contributed by atoms with Crippen LogP contribution < -0.4 is 5.73 Å². The SMILES string of the molecule is C=C(C)c1ccc2c(-c3csc(C(N)=O)n3)cnn2c1. The number of rotatable bonds is 3. The predicted molar refractivity (Wildman–Crippen MR) is 79.5 cm³/mol. The van der Waals surface area contributed by atoms with Crippen LogP contribution in [0.15, 0.2) is 36.5 Å². The summed E-state index contributed by atoms with van der Waals surface area (Å²) in [6.07, 6.45) is 3.65. The van der Waals surface area contributed by atoms with E-state index in [4.69, 9.17) is 5.73 Å². The number of amides is 1. The predicted octanol–water partition coefficient (Wildman–Crippen LogP) is 2.59. The Morgan fingerprint density at radius 2 is 2.25 bits per heavy atom. The third-order valence-electron chi connectivity index (χ3n) is 3.00. The highest BCUT2D eigenvalue weighted by Gasteiger charge is 2.13. The lowest BCUT2D eigenvalue weighted by atomic mass is 10.1. The minimum atomic E-state index is -0.512. The van der Waals surface area contributed by atoms with Gasteiger partial charge in [0.05, 0.1) is 17.4 Å². The number of thiazole rings is 1. The molecular formula is C14H12N4OS. The van der Waals surface area contributed by atoms with Gasteiger partial charge in [-0.1, -0.05) is 12.6 Å². The normalized spacial score (nSPS) is 10.8. The number of primary amides is 1. The van der Waals surface area contributed by atoms with E-state index in [-0.39, 0.29) is 0 Å². The highest BCUT2D eigenvalue weighted by molar-refractivity contribution is 7.12. The van der Waals surface area contributed by atoms with Crippen molar-refractivity contribution in [1.29, 1.82) is 0 Å². The fraction of sp³-hybridized carbons (Fsp3) is 0.0714. The smallest absolute Gasteiger partial charge is 0.277 e. The maximum Gasteiger partial charge on any atom is 0.277 e. The zero-order valence-corrected chi connectivity index (χ0v) is 11.6. The maximum absolute atomic E-state index is 11.1. The van der Waals surface area contributed by atoms with E-state index < -0.39 is 5.91 Å². The topological polar surface area (TPSA) is 73.3 Å². The first-order valence-electron chi connectivity index (χ1n) is 5.95. The van der Waals surface area contributed by atoms with Gasteiger partial charge in [-0.05, 0) is 24.1 Å². The molecule has 0 bridgehead atoms. The summed E-state index contributed by atoms with van der Waals surface area (Å²) in [7, 11) is 0. The highest BCUT2D eigenvalue weighted by atomic mass is 32.1. The molecule has 1 amide bonds. The van der Waals surface area contributed by atoms with Gasteiger partial charge >= 0.3 is 0 Å². The van der Waals surface area contributed by atoms with Crippen molar-refractivity contribution in [3.05, 3.63) is 47.1 Å². The van der Waals surface area contributed by atoms with E-state index in [1.165, 1.54) is 11.3 Å². The van der Waals surface area contributed by atoms with Crippen molar-refractivity contribution in [2.24, 2.45) is 5.73 Å². The van der Waals surface area contributed by atoms with Crippen LogP contribution in [0.2, 0.25) is 0 Å². The van der Waals surface area contributed by atoms with E-state index in [9.17, 15) is 4.79 Å². The molecule has 0 aliphatic carbocycles. The minimum Gasteiger partial charge on any atom is -0.364 e. The summed E-state index contributed by atoms with van der Waals surface area (Å²) in [4.78, 5) is 15.3. The van der Waals surface area contributed by atoms with Gasteiger partial charge in [-0.25, -0.2) is 9.50 Å². The van der Waals surface area contributed by atoms with Gasteiger partial charge < -0.3 is 5.73 Å². The van der Waals surface area contributed by atoms with Gasteiger partial charge in [0.2, 0.25) is 0 Å². The van der Waals surface area contributed by atoms with E-state index in [1.54, 1.807) is 10.7 Å². The molecule has 0 aliphatic rings. The second-order valence-electron chi connectivity index (χ2n) is 4.49. The van der Waals surface area contributed by atoms with Crippen LogP contribution in [0, 0.1) is 0 Å². The zero-order valence-electron chi connectivity index (χ0n) is 10.8. The number of aromatic nitrogens is 3. The van der Waals surface area contributed by atoms with Crippen molar-refractivity contribution in [3.63, 3.8) is 0 Å². The Morgan fingerprint density at radius 1 is 1.45 bits per heavy atom. The molecular weight excluding hydrogens is 272 g/mol. The average molecular weight is 284 g/mol. The van der Waals surface area contributed by atoms with Gasteiger partial charge in [-0.15, -0.1) is 11.3 Å². The molecule has 3 rings (SSSR count). The van der Waals surface area contributed by atoms with E-state index in [1.807, 2.05) is 30.6 Å². The summed E-state index contributed by atoms with van der Waals surface area (Å²) in [6.45, 7) is 5.87. The van der Waals surface area contributed by atoms with Gasteiger partial charge in [-0.2, -0.15) is 5.10 Å². The average Bonchev–Trinajstić information content (AvgIpc) is 3.03. The van der Waals surface area contributed by atoms with Crippen molar-refractivity contribution < 1.29 is 4.79 Å². The molecule has 0 spiro atoms. The Morgan fingerprint density at radius 3 is 2.90 bits per heavy atom. The van der Waals surface area contributed by atoms with Crippen LogP contribution in [-0.2, 0) is 0 Å². The van der Waals surface area contributed by atoms with Crippen molar-refractivity contribution >= 4 is 28.3 Å². The van der Waals surface area contributed by atoms with Crippen LogP contribution in [-0.4, -0.2) is 20.5 Å². The van der Waals surface area contributed by atoms with Crippen LogP contribution in [0.1, 0.15) is 22.3 Å². The summed E-state index contributed by atoms with van der Waals surface area (Å²) in [5.41, 5.74) is 9.75. The standard InChI is InChI=1S/C14H12N4OS/c1-8(2)9-3-4-12-10(5-16-18(12)6-9)11-7-20-14(17-11)13(15)19/h3-7H,1H2,2H3,(H2,15,19). The van der Waals surface area contributed by atoms with Crippen molar-refractivity contribution in [1.82, 2.24) is 14.6 Å². The molecule has 0 radical (unpaired) electrons. The first-order valence-corrected chi connectivity index (χ1v) is 6.83. The molecule has 3 heterocycles. The van der Waals surface area contributed by atoms with Crippen LogP contribution in [0.3, 0.4) is 0 Å². The lowest BCUT2D eigenvalue weighted by Crippen LogP contribution is -2.10. The first kappa shape index (κ1) is 12.6. The van der Waals surface area contributed by atoms with Crippen molar-refractivity contribution in [3.8, 4) is 11.3 Å². The molecule has 0 atom stereocenters. The molecule has 20 heavy (non-hydrogen) atoms. The van der Waals surface area contributed by atoms with Gasteiger partial charge in [-0.3, -0.25) is 4.79 Å². The zero-order chi connectivity index (χ0) is 14.3. The summed E-state index contributed by atoms with van der Waals surface area (Å²) in [5, 5.41) is 6.43. The molecule has 0 saturated heterocycles. The quantitative estimate of drug-likeness (QED) is 0.803. The molecule has 2 N–H and O–H groups in total. The number of hydrogen-bond donors (Lipinski definition) is 1. The molecule has 5 nitrogen and oxygen atoms in total. The molecule has 100 valence electrons. The number of carbonyl (C=O) groups excluding carboxylic acids is 1. The number of pyridine rings is 1. The summed E-state index contributed by atoms with van der Waals surface area (Å²) >= 11 is 1.24. The van der Waals surface area contributed by atoms with Crippen molar-refractivity contribution in [2.45, 2.75) is 6.92 Å². The van der Waals surface area contributed by atoms with E-state index in [0.29, 0.717) is 10.7 Å². The minimum absolute atomic E-state index is 0.304. The monoisotopic (exact) mass is 284 g/mol. The summed E-state index contributed by atoms with van der Waals surface area (Å²) in [6, 6.07) is 3.96. The third kappa shape index (κ3) is 2.00. The van der Waals surface area contributed by atoms with Gasteiger partial charge in [0, 0.05) is 17.1 Å². The molecule has 0 aromatic carbocycles. The summed E-state index contributed by atoms with van der Waals surface area (Å²) < 4.78 is 1.78. The Kier molecular flexibility index (Phi) is 2.87. The maximum atomic E-state index is 11.1. The van der Waals surface area contributed by atoms with E-state index >= 15 is 0 Å². The van der Waals surface area contributed by atoms with Crippen LogP contribution in [0.4, 0.5) is 0 Å². The first-order chi connectivity index (χ1) is 9.56. The van der Waals surface area contributed by atoms with E-state index in [0.717, 1.165) is 22.2 Å². The van der Waals surface area contributed by atoms with Gasteiger partial charge in [0.15, 0.2) is 5.01 Å². The van der Waals surface area contributed by atoms with Crippen LogP contribution >= 0.6 is 11.3 Å². The van der Waals surface area contributed by atoms with Crippen LogP contribution in [0.25, 0.3) is 22.3 Å². The van der Waals surface area contributed by atoms with Gasteiger partial charge in [0.1, 0.15) is 0 Å². The third-order valence-corrected chi connectivity index (χ3v) is 3.86. The highest BCUT2D eigenvalue weighted by Crippen LogP contribution is 2.26. The number of hydrogen-bond acceptors (Lipinski definition) is 4. The number of nitrogens with two attached hydrogens (primary N) is 1. The fourth-order valence-corrected chi connectivity index (χ4v) is 2.61. The molecule has 0 fully saturated rings. The fourth-order valence-electron chi connectivity index (χ4n) is 1.94. The van der Waals surface area contributed by atoms with Gasteiger partial charge in [0.25, 0.3) is 5.91 Å². The Hall–Kier alpha value is -2.47. The summed E-state index contributed by atoms with van der Waals surface area (Å²) in [5.74, 6) is -0.512. The number of fused-ring (bicyclic) bond motifs is 1. The van der Waals surface area contributed by atoms with Crippen LogP contribution in [0.5, 0.6) is 0 Å². The van der Waals surface area contributed by atoms with E-state index in [2.05, 4.69) is 16.7 Å².